The minimum absolute atomic E-state index is 0.0508. The standard InChI is InChI=1S/C13H17NO2S/c1-2-3-8-14-13(16)12-11(7-10-17-12)6-4-5-9-15/h7,10,15H,2-3,5,8-9H2,1H3,(H,14,16). The Balaban J connectivity index is 2.62. The van der Waals surface area contributed by atoms with Crippen molar-refractivity contribution in [1.29, 1.82) is 0 Å². The predicted molar refractivity (Wildman–Crippen MR) is 70.1 cm³/mol. The van der Waals surface area contributed by atoms with Crippen molar-refractivity contribution in [3.05, 3.63) is 21.9 Å². The average molecular weight is 251 g/mol. The molecule has 0 radical (unpaired) electrons. The van der Waals surface area contributed by atoms with Crippen molar-refractivity contribution in [2.75, 3.05) is 13.2 Å². The lowest BCUT2D eigenvalue weighted by Gasteiger charge is -2.02. The van der Waals surface area contributed by atoms with Gasteiger partial charge in [0.2, 0.25) is 0 Å². The fourth-order valence-electron chi connectivity index (χ4n) is 1.26. The summed E-state index contributed by atoms with van der Waals surface area (Å²) >= 11 is 1.40. The number of hydrogen-bond donors (Lipinski definition) is 2. The molecule has 0 aliphatic rings. The summed E-state index contributed by atoms with van der Waals surface area (Å²) in [7, 11) is 0. The van der Waals surface area contributed by atoms with Crippen LogP contribution in [0, 0.1) is 11.8 Å². The molecule has 92 valence electrons. The van der Waals surface area contributed by atoms with Crippen molar-refractivity contribution in [2.24, 2.45) is 0 Å². The van der Waals surface area contributed by atoms with Crippen molar-refractivity contribution in [1.82, 2.24) is 5.32 Å². The monoisotopic (exact) mass is 251 g/mol. The summed E-state index contributed by atoms with van der Waals surface area (Å²) in [5.41, 5.74) is 0.748. The normalized spacial score (nSPS) is 9.53. The molecule has 1 aromatic rings. The van der Waals surface area contributed by atoms with E-state index in [4.69, 9.17) is 5.11 Å². The van der Waals surface area contributed by atoms with Crippen molar-refractivity contribution >= 4 is 17.2 Å². The number of amides is 1. The van der Waals surface area contributed by atoms with Crippen LogP contribution in [0.3, 0.4) is 0 Å². The zero-order chi connectivity index (χ0) is 12.5. The Bertz CT molecular complexity index is 415. The number of rotatable bonds is 5. The summed E-state index contributed by atoms with van der Waals surface area (Å²) in [5, 5.41) is 13.4. The Labute approximate surface area is 106 Å². The maximum Gasteiger partial charge on any atom is 0.262 e. The molecule has 0 aromatic carbocycles. The highest BCUT2D eigenvalue weighted by Gasteiger charge is 2.10. The third kappa shape index (κ3) is 4.59. The fourth-order valence-corrected chi connectivity index (χ4v) is 2.02. The van der Waals surface area contributed by atoms with Gasteiger partial charge in [-0.1, -0.05) is 25.2 Å². The predicted octanol–water partition coefficient (Wildman–Crippen LogP) is 2.01. The second-order valence-electron chi connectivity index (χ2n) is 3.55. The summed E-state index contributed by atoms with van der Waals surface area (Å²) in [5.74, 6) is 5.68. The van der Waals surface area contributed by atoms with E-state index in [1.165, 1.54) is 11.3 Å². The minimum atomic E-state index is -0.0539. The van der Waals surface area contributed by atoms with E-state index in [2.05, 4.69) is 24.1 Å². The van der Waals surface area contributed by atoms with Gasteiger partial charge >= 0.3 is 0 Å². The number of hydrogen-bond acceptors (Lipinski definition) is 3. The van der Waals surface area contributed by atoms with Gasteiger partial charge in [-0.05, 0) is 17.9 Å². The molecule has 1 aromatic heterocycles. The van der Waals surface area contributed by atoms with E-state index in [0.717, 1.165) is 18.4 Å². The van der Waals surface area contributed by atoms with Gasteiger partial charge in [-0.25, -0.2) is 0 Å². The van der Waals surface area contributed by atoms with Gasteiger partial charge in [-0.15, -0.1) is 11.3 Å². The smallest absolute Gasteiger partial charge is 0.262 e. The summed E-state index contributed by atoms with van der Waals surface area (Å²) in [6, 6.07) is 1.84. The maximum absolute atomic E-state index is 11.8. The topological polar surface area (TPSA) is 49.3 Å². The lowest BCUT2D eigenvalue weighted by atomic mass is 10.2. The molecular formula is C13H17NO2S. The summed E-state index contributed by atoms with van der Waals surface area (Å²) in [6.07, 6.45) is 2.49. The van der Waals surface area contributed by atoms with Crippen molar-refractivity contribution < 1.29 is 9.90 Å². The molecule has 3 nitrogen and oxygen atoms in total. The first kappa shape index (κ1) is 13.8. The zero-order valence-electron chi connectivity index (χ0n) is 9.95. The largest absolute Gasteiger partial charge is 0.395 e. The van der Waals surface area contributed by atoms with Crippen LogP contribution in [0.15, 0.2) is 11.4 Å². The lowest BCUT2D eigenvalue weighted by molar-refractivity contribution is 0.0957. The van der Waals surface area contributed by atoms with Crippen molar-refractivity contribution in [3.63, 3.8) is 0 Å². The van der Waals surface area contributed by atoms with Crippen molar-refractivity contribution in [3.8, 4) is 11.8 Å². The van der Waals surface area contributed by atoms with E-state index in [1.807, 2.05) is 11.4 Å². The van der Waals surface area contributed by atoms with Gasteiger partial charge in [0, 0.05) is 18.5 Å². The van der Waals surface area contributed by atoms with Gasteiger partial charge in [0.15, 0.2) is 0 Å². The molecule has 17 heavy (non-hydrogen) atoms. The SMILES string of the molecule is CCCCNC(=O)c1sccc1C#CCCO. The van der Waals surface area contributed by atoms with Crippen LogP contribution >= 0.6 is 11.3 Å². The molecular weight excluding hydrogens is 234 g/mol. The Morgan fingerprint density at radius 3 is 3.12 bits per heavy atom. The molecule has 0 aliphatic heterocycles. The highest BCUT2D eigenvalue weighted by molar-refractivity contribution is 7.12. The van der Waals surface area contributed by atoms with Crippen LogP contribution in [0.2, 0.25) is 0 Å². The molecule has 4 heteroatoms. The van der Waals surface area contributed by atoms with E-state index in [0.29, 0.717) is 17.8 Å². The molecule has 0 spiro atoms. The van der Waals surface area contributed by atoms with Gasteiger partial charge in [-0.3, -0.25) is 4.79 Å². The number of carbonyl (C=O) groups excluding carboxylic acids is 1. The zero-order valence-corrected chi connectivity index (χ0v) is 10.8. The summed E-state index contributed by atoms with van der Waals surface area (Å²) < 4.78 is 0. The van der Waals surface area contributed by atoms with Crippen LogP contribution in [0.4, 0.5) is 0 Å². The number of carbonyl (C=O) groups is 1. The van der Waals surface area contributed by atoms with E-state index < -0.39 is 0 Å². The molecule has 1 heterocycles. The first-order chi connectivity index (χ1) is 8.29. The first-order valence-corrected chi connectivity index (χ1v) is 6.63. The Kier molecular flexibility index (Phi) is 6.38. The van der Waals surface area contributed by atoms with Crippen molar-refractivity contribution in [2.45, 2.75) is 26.2 Å². The molecule has 0 saturated heterocycles. The Morgan fingerprint density at radius 2 is 2.41 bits per heavy atom. The van der Waals surface area contributed by atoms with Crippen LogP contribution in [0.25, 0.3) is 0 Å². The number of unbranched alkanes of at least 4 members (excludes halogenated alkanes) is 1. The second-order valence-corrected chi connectivity index (χ2v) is 4.46. The molecule has 1 rings (SSSR count). The molecule has 1 amide bonds. The summed E-state index contributed by atoms with van der Waals surface area (Å²) in [4.78, 5) is 12.5. The molecule has 0 atom stereocenters. The molecule has 0 aliphatic carbocycles. The van der Waals surface area contributed by atoms with E-state index in [-0.39, 0.29) is 12.5 Å². The van der Waals surface area contributed by atoms with Gasteiger partial charge < -0.3 is 10.4 Å². The van der Waals surface area contributed by atoms with Gasteiger partial charge in [0.1, 0.15) is 4.88 Å². The number of aliphatic hydroxyl groups excluding tert-OH is 1. The van der Waals surface area contributed by atoms with Crippen LogP contribution in [-0.2, 0) is 0 Å². The highest BCUT2D eigenvalue weighted by Crippen LogP contribution is 2.15. The Hall–Kier alpha value is -1.31. The molecule has 0 saturated carbocycles. The molecule has 0 unspecified atom stereocenters. The lowest BCUT2D eigenvalue weighted by Crippen LogP contribution is -2.24. The first-order valence-electron chi connectivity index (χ1n) is 5.75. The molecule has 0 bridgehead atoms. The van der Waals surface area contributed by atoms with Gasteiger partial charge in [0.25, 0.3) is 5.91 Å². The molecule has 2 N–H and O–H groups in total. The fraction of sp³-hybridized carbons (Fsp3) is 0.462. The quantitative estimate of drug-likeness (QED) is 0.621. The number of thiophene rings is 1. The van der Waals surface area contributed by atoms with Gasteiger partial charge in [0.05, 0.1) is 6.61 Å². The van der Waals surface area contributed by atoms with E-state index in [9.17, 15) is 4.79 Å². The molecule has 0 fully saturated rings. The average Bonchev–Trinajstić information content (AvgIpc) is 2.78. The maximum atomic E-state index is 11.8. The number of aliphatic hydroxyl groups is 1. The third-order valence-corrected chi connectivity index (χ3v) is 3.06. The van der Waals surface area contributed by atoms with E-state index >= 15 is 0 Å². The Morgan fingerprint density at radius 1 is 1.59 bits per heavy atom. The highest BCUT2D eigenvalue weighted by atomic mass is 32.1. The third-order valence-electron chi connectivity index (χ3n) is 2.15. The number of nitrogens with one attached hydrogen (secondary N) is 1. The van der Waals surface area contributed by atoms with Crippen LogP contribution in [0.5, 0.6) is 0 Å². The van der Waals surface area contributed by atoms with E-state index in [1.54, 1.807) is 0 Å². The second kappa shape index (κ2) is 7.88. The van der Waals surface area contributed by atoms with Crippen LogP contribution in [0.1, 0.15) is 41.4 Å². The summed E-state index contributed by atoms with van der Waals surface area (Å²) in [6.45, 7) is 2.84. The van der Waals surface area contributed by atoms with Crippen LogP contribution in [-0.4, -0.2) is 24.2 Å². The minimum Gasteiger partial charge on any atom is -0.395 e. The van der Waals surface area contributed by atoms with Gasteiger partial charge in [-0.2, -0.15) is 0 Å². The van der Waals surface area contributed by atoms with Crippen LogP contribution < -0.4 is 5.32 Å².